The second-order valence-corrected chi connectivity index (χ2v) is 1.90. The molecule has 0 bridgehead atoms. The molecule has 0 aromatic carbocycles. The van der Waals surface area contributed by atoms with Gasteiger partial charge in [-0.3, -0.25) is 5.43 Å². The maximum absolute atomic E-state index is 5.35. The molecule has 0 aliphatic heterocycles. The highest BCUT2D eigenvalue weighted by molar-refractivity contribution is 6.29. The van der Waals surface area contributed by atoms with Crippen LogP contribution in [-0.4, -0.2) is 12.5 Å². The first kappa shape index (κ1) is 8.26. The summed E-state index contributed by atoms with van der Waals surface area (Å²) in [6, 6.07) is 0. The summed E-state index contributed by atoms with van der Waals surface area (Å²) >= 11 is 5.35. The predicted molar refractivity (Wildman–Crippen MR) is 38.8 cm³/mol. The van der Waals surface area contributed by atoms with Gasteiger partial charge in [0.1, 0.15) is 0 Å². The third kappa shape index (κ3) is 5.13. The van der Waals surface area contributed by atoms with Crippen LogP contribution in [0.4, 0.5) is 0 Å². The number of rotatable bonds is 2. The number of hydrogen-bond acceptors (Lipinski definition) is 2. The Kier molecular flexibility index (Phi) is 3.83. The third-order valence-electron chi connectivity index (χ3n) is 0.569. The number of nitrogens with one attached hydrogen (secondary N) is 1. The van der Waals surface area contributed by atoms with Crippen LogP contribution in [0.5, 0.6) is 0 Å². The number of nitrogens with zero attached hydrogens (tertiary/aromatic N) is 1. The van der Waals surface area contributed by atoms with Crippen molar-refractivity contribution in [2.45, 2.75) is 0 Å². The fourth-order valence-corrected chi connectivity index (χ4v) is 0.276. The molecule has 0 atom stereocenters. The highest BCUT2D eigenvalue weighted by Crippen LogP contribution is 1.94. The van der Waals surface area contributed by atoms with Gasteiger partial charge in [-0.1, -0.05) is 18.2 Å². The number of hydrogen-bond donors (Lipinski definition) is 3. The summed E-state index contributed by atoms with van der Waals surface area (Å²) in [5.74, 6) is 5.03. The first-order chi connectivity index (χ1) is 4.16. The van der Waals surface area contributed by atoms with E-state index in [1.165, 1.54) is 0 Å². The van der Waals surface area contributed by atoms with Gasteiger partial charge in [0.2, 0.25) is 5.96 Å². The maximum Gasteiger partial charge on any atom is 0.203 e. The molecule has 0 spiro atoms. The van der Waals surface area contributed by atoms with Crippen LogP contribution in [0.15, 0.2) is 16.6 Å². The lowest BCUT2D eigenvalue weighted by molar-refractivity contribution is 0.987. The van der Waals surface area contributed by atoms with Gasteiger partial charge in [0.15, 0.2) is 0 Å². The molecule has 0 amide bonds. The van der Waals surface area contributed by atoms with E-state index in [-0.39, 0.29) is 12.5 Å². The number of hydrazine groups is 1. The van der Waals surface area contributed by atoms with Gasteiger partial charge in [0.25, 0.3) is 0 Å². The molecule has 5 heteroatoms. The van der Waals surface area contributed by atoms with Crippen molar-refractivity contribution >= 4 is 17.6 Å². The van der Waals surface area contributed by atoms with E-state index in [4.69, 9.17) is 23.2 Å². The Balaban J connectivity index is 3.56. The van der Waals surface area contributed by atoms with Gasteiger partial charge in [-0.25, -0.2) is 10.8 Å². The minimum Gasteiger partial charge on any atom is -0.369 e. The summed E-state index contributed by atoms with van der Waals surface area (Å²) in [5.41, 5.74) is 7.28. The summed E-state index contributed by atoms with van der Waals surface area (Å²) in [7, 11) is 0. The Morgan fingerprint density at radius 3 is 2.67 bits per heavy atom. The van der Waals surface area contributed by atoms with E-state index >= 15 is 0 Å². The molecular weight excluding hydrogens is 140 g/mol. The topological polar surface area (TPSA) is 76.4 Å². The SMILES string of the molecule is C=C(Cl)CN=C(N)NN. The van der Waals surface area contributed by atoms with Crippen LogP contribution in [0.25, 0.3) is 0 Å². The molecule has 0 saturated carbocycles. The van der Waals surface area contributed by atoms with E-state index in [2.05, 4.69) is 17.0 Å². The zero-order valence-electron chi connectivity index (χ0n) is 4.89. The molecule has 5 N–H and O–H groups in total. The van der Waals surface area contributed by atoms with Gasteiger partial charge in [-0.05, 0) is 0 Å². The van der Waals surface area contributed by atoms with E-state index in [0.717, 1.165) is 0 Å². The second-order valence-electron chi connectivity index (χ2n) is 1.36. The van der Waals surface area contributed by atoms with Gasteiger partial charge in [0, 0.05) is 5.03 Å². The van der Waals surface area contributed by atoms with Gasteiger partial charge in [-0.2, -0.15) is 0 Å². The van der Waals surface area contributed by atoms with Crippen molar-refractivity contribution in [2.24, 2.45) is 16.6 Å². The first-order valence-corrected chi connectivity index (χ1v) is 2.64. The van der Waals surface area contributed by atoms with Crippen LogP contribution in [0.1, 0.15) is 0 Å². The van der Waals surface area contributed by atoms with Crippen LogP contribution in [-0.2, 0) is 0 Å². The molecule has 0 aromatic heterocycles. The minimum atomic E-state index is 0.150. The molecule has 0 aliphatic carbocycles. The van der Waals surface area contributed by atoms with Gasteiger partial charge in [0.05, 0.1) is 6.54 Å². The number of guanidine groups is 1. The van der Waals surface area contributed by atoms with Crippen molar-refractivity contribution < 1.29 is 0 Å². The molecule has 0 aromatic rings. The molecule has 0 unspecified atom stereocenters. The van der Waals surface area contributed by atoms with E-state index in [1.54, 1.807) is 0 Å². The quantitative estimate of drug-likeness (QED) is 0.214. The molecule has 0 rings (SSSR count). The van der Waals surface area contributed by atoms with Crippen LogP contribution in [0.2, 0.25) is 0 Å². The van der Waals surface area contributed by atoms with Gasteiger partial charge < -0.3 is 5.73 Å². The number of halogens is 1. The lowest BCUT2D eigenvalue weighted by Gasteiger charge is -1.95. The van der Waals surface area contributed by atoms with Crippen LogP contribution >= 0.6 is 11.6 Å². The zero-order valence-corrected chi connectivity index (χ0v) is 5.65. The normalized spacial score (nSPS) is 11.1. The smallest absolute Gasteiger partial charge is 0.203 e. The van der Waals surface area contributed by atoms with Crippen molar-refractivity contribution in [1.82, 2.24) is 5.43 Å². The highest BCUT2D eigenvalue weighted by atomic mass is 35.5. The molecule has 52 valence electrons. The van der Waals surface area contributed by atoms with Crippen molar-refractivity contribution in [3.05, 3.63) is 11.6 Å². The van der Waals surface area contributed by atoms with E-state index in [1.807, 2.05) is 0 Å². The van der Waals surface area contributed by atoms with Crippen molar-refractivity contribution in [1.29, 1.82) is 0 Å². The molecule has 9 heavy (non-hydrogen) atoms. The minimum absolute atomic E-state index is 0.150. The predicted octanol–water partition coefficient (Wildman–Crippen LogP) is -0.483. The van der Waals surface area contributed by atoms with E-state index in [9.17, 15) is 0 Å². The van der Waals surface area contributed by atoms with Crippen molar-refractivity contribution in [2.75, 3.05) is 6.54 Å². The van der Waals surface area contributed by atoms with E-state index in [0.29, 0.717) is 5.03 Å². The van der Waals surface area contributed by atoms with E-state index < -0.39 is 0 Å². The molecule has 0 heterocycles. The molecular formula is C4H9ClN4. The van der Waals surface area contributed by atoms with Gasteiger partial charge in [-0.15, -0.1) is 0 Å². The largest absolute Gasteiger partial charge is 0.369 e. The Morgan fingerprint density at radius 2 is 2.33 bits per heavy atom. The first-order valence-electron chi connectivity index (χ1n) is 2.26. The second kappa shape index (κ2) is 4.17. The Labute approximate surface area is 58.5 Å². The Morgan fingerprint density at radius 1 is 1.78 bits per heavy atom. The fourth-order valence-electron chi connectivity index (χ4n) is 0.217. The molecule has 0 radical (unpaired) electrons. The number of nitrogens with two attached hydrogens (primary N) is 2. The summed E-state index contributed by atoms with van der Waals surface area (Å²) < 4.78 is 0. The lowest BCUT2D eigenvalue weighted by Crippen LogP contribution is -2.37. The summed E-state index contributed by atoms with van der Waals surface area (Å²) in [6.07, 6.45) is 0. The monoisotopic (exact) mass is 148 g/mol. The average molecular weight is 149 g/mol. The molecule has 4 nitrogen and oxygen atoms in total. The molecule has 0 aliphatic rings. The average Bonchev–Trinajstić information content (AvgIpc) is 1.83. The standard InChI is InChI=1S/C4H9ClN4/c1-3(5)2-8-4(6)9-7/h1-2,7H2,(H3,6,8,9). The van der Waals surface area contributed by atoms with Crippen LogP contribution in [0, 0.1) is 0 Å². The van der Waals surface area contributed by atoms with Crippen LogP contribution in [0.3, 0.4) is 0 Å². The van der Waals surface area contributed by atoms with Gasteiger partial charge >= 0.3 is 0 Å². The Bertz CT molecular complexity index is 131. The summed E-state index contributed by atoms with van der Waals surface area (Å²) in [4.78, 5) is 3.67. The lowest BCUT2D eigenvalue weighted by atomic mass is 10.6. The zero-order chi connectivity index (χ0) is 7.28. The van der Waals surface area contributed by atoms with Crippen LogP contribution < -0.4 is 17.0 Å². The molecule has 0 fully saturated rings. The number of aliphatic imine (C=N–C) groups is 1. The Hall–Kier alpha value is -0.740. The maximum atomic E-state index is 5.35. The van der Waals surface area contributed by atoms with Crippen molar-refractivity contribution in [3.8, 4) is 0 Å². The highest BCUT2D eigenvalue weighted by Gasteiger charge is 1.85. The fraction of sp³-hybridized carbons (Fsp3) is 0.250. The summed E-state index contributed by atoms with van der Waals surface area (Å²) in [5, 5.41) is 0.424. The molecule has 0 saturated heterocycles. The summed E-state index contributed by atoms with van der Waals surface area (Å²) in [6.45, 7) is 3.68. The van der Waals surface area contributed by atoms with Crippen molar-refractivity contribution in [3.63, 3.8) is 0 Å². The third-order valence-corrected chi connectivity index (χ3v) is 0.688.